The first kappa shape index (κ1) is 30.4. The van der Waals surface area contributed by atoms with E-state index < -0.39 is 17.0 Å². The number of carbonyl (C=O) groups excluding carboxylic acids is 2. The van der Waals surface area contributed by atoms with Gasteiger partial charge in [0.25, 0.3) is 0 Å². The molecule has 5 saturated carbocycles. The molecule has 0 spiro atoms. The first-order valence-electron chi connectivity index (χ1n) is 16.4. The fourth-order valence-corrected chi connectivity index (χ4v) is 12.4. The van der Waals surface area contributed by atoms with Crippen LogP contribution in [-0.4, -0.2) is 17.9 Å². The molecule has 0 amide bonds. The van der Waals surface area contributed by atoms with Gasteiger partial charge in [0.15, 0.2) is 12.0 Å². The van der Waals surface area contributed by atoms with E-state index in [9.17, 15) is 9.59 Å². The van der Waals surface area contributed by atoms with Crippen LogP contribution in [0.3, 0.4) is 0 Å². The molecule has 0 N–H and O–H groups in total. The van der Waals surface area contributed by atoms with Crippen LogP contribution in [0.25, 0.3) is 0 Å². The average Bonchev–Trinajstić information content (AvgIpc) is 3.33. The van der Waals surface area contributed by atoms with Crippen molar-refractivity contribution in [2.45, 2.75) is 112 Å². The number of rotatable bonds is 4. The number of hydrogen-bond acceptors (Lipinski definition) is 3. The Balaban J connectivity index is 1.33. The molecule has 0 aromatic heterocycles. The lowest BCUT2D eigenvalue weighted by atomic mass is 9.32. The van der Waals surface area contributed by atoms with Crippen molar-refractivity contribution in [2.75, 3.05) is 0 Å². The molecule has 10 atom stereocenters. The molecule has 0 unspecified atom stereocenters. The van der Waals surface area contributed by atoms with Gasteiger partial charge in [0.05, 0.1) is 5.41 Å². The number of benzene rings is 1. The van der Waals surface area contributed by atoms with E-state index in [0.717, 1.165) is 56.9 Å². The lowest BCUT2D eigenvalue weighted by Crippen LogP contribution is -2.67. The summed E-state index contributed by atoms with van der Waals surface area (Å²) in [6.07, 6.45) is 6.79. The van der Waals surface area contributed by atoms with Crippen molar-refractivity contribution in [3.8, 4) is 0 Å². The molecule has 0 saturated heterocycles. The van der Waals surface area contributed by atoms with E-state index >= 15 is 4.39 Å². The van der Waals surface area contributed by atoms with Gasteiger partial charge in [-0.3, -0.25) is 9.59 Å². The molecule has 0 bridgehead atoms. The normalized spacial score (nSPS) is 45.7. The third-order valence-electron chi connectivity index (χ3n) is 14.4. The Bertz CT molecular complexity index is 1290. The van der Waals surface area contributed by atoms with E-state index in [1.807, 2.05) is 38.1 Å². The van der Waals surface area contributed by atoms with Gasteiger partial charge in [-0.2, -0.15) is 0 Å². The van der Waals surface area contributed by atoms with Gasteiger partial charge >= 0.3 is 5.97 Å². The molecule has 3 nitrogen and oxygen atoms in total. The van der Waals surface area contributed by atoms with Crippen LogP contribution >= 0.6 is 11.6 Å². The summed E-state index contributed by atoms with van der Waals surface area (Å²) in [5.74, 6) is 1.26. The van der Waals surface area contributed by atoms with Crippen LogP contribution in [0.2, 0.25) is 5.02 Å². The SMILES string of the molecule is C=C(C)[C@@H]1CC[C@]2(C(=O)OCc3ccc(Cl)cc3)CC[C@]3(C)[C@H](CC[C@@H]4[C@@]5(C)C[C@@H](F)C(=O)C(C)(C)[C@@H]5CC[C@]43C)[C@@H]12. The van der Waals surface area contributed by atoms with Crippen LogP contribution in [0.5, 0.6) is 0 Å². The maximum atomic E-state index is 15.5. The number of allylic oxidation sites excluding steroid dienone is 1. The van der Waals surface area contributed by atoms with Crippen molar-refractivity contribution in [3.63, 3.8) is 0 Å². The quantitative estimate of drug-likeness (QED) is 0.257. The number of ether oxygens (including phenoxy) is 1. The zero-order valence-corrected chi connectivity index (χ0v) is 27.3. The van der Waals surface area contributed by atoms with Crippen LogP contribution in [0.15, 0.2) is 36.4 Å². The van der Waals surface area contributed by atoms with Gasteiger partial charge in [-0.1, -0.05) is 70.5 Å². The highest BCUT2D eigenvalue weighted by atomic mass is 35.5. The van der Waals surface area contributed by atoms with E-state index in [2.05, 4.69) is 34.3 Å². The van der Waals surface area contributed by atoms with E-state index in [1.165, 1.54) is 5.57 Å². The van der Waals surface area contributed by atoms with Crippen LogP contribution in [0.1, 0.15) is 105 Å². The summed E-state index contributed by atoms with van der Waals surface area (Å²) in [6, 6.07) is 7.53. The number of esters is 1. The average molecular weight is 597 g/mol. The molecule has 5 heteroatoms. The van der Waals surface area contributed by atoms with Crippen LogP contribution in [-0.2, 0) is 20.9 Å². The summed E-state index contributed by atoms with van der Waals surface area (Å²) < 4.78 is 21.6. The van der Waals surface area contributed by atoms with E-state index in [-0.39, 0.29) is 46.4 Å². The zero-order chi connectivity index (χ0) is 30.5. The summed E-state index contributed by atoms with van der Waals surface area (Å²) in [4.78, 5) is 27.2. The van der Waals surface area contributed by atoms with Crippen LogP contribution in [0.4, 0.5) is 4.39 Å². The second-order valence-electron chi connectivity index (χ2n) is 16.3. The lowest BCUT2D eigenvalue weighted by Gasteiger charge is -2.72. The molecule has 0 aliphatic heterocycles. The highest BCUT2D eigenvalue weighted by Crippen LogP contribution is 2.77. The Morgan fingerprint density at radius 3 is 2.31 bits per heavy atom. The third-order valence-corrected chi connectivity index (χ3v) is 14.7. The highest BCUT2D eigenvalue weighted by molar-refractivity contribution is 6.30. The number of hydrogen-bond donors (Lipinski definition) is 0. The lowest BCUT2D eigenvalue weighted by molar-refractivity contribution is -0.240. The fourth-order valence-electron chi connectivity index (χ4n) is 12.3. The minimum atomic E-state index is -1.37. The zero-order valence-electron chi connectivity index (χ0n) is 26.5. The van der Waals surface area contributed by atoms with E-state index in [4.69, 9.17) is 16.3 Å². The number of Topliss-reactive ketones (excluding diaryl/α,β-unsaturated/α-hetero) is 1. The Morgan fingerprint density at radius 2 is 1.64 bits per heavy atom. The number of fused-ring (bicyclic) bond motifs is 7. The van der Waals surface area contributed by atoms with Crippen molar-refractivity contribution in [2.24, 2.45) is 56.7 Å². The summed E-state index contributed by atoms with van der Waals surface area (Å²) in [5, 5.41) is 0.674. The molecule has 0 radical (unpaired) electrons. The smallest absolute Gasteiger partial charge is 0.312 e. The summed E-state index contributed by atoms with van der Waals surface area (Å²) in [5.41, 5.74) is 0.892. The molecular formula is C37H50ClFO3. The van der Waals surface area contributed by atoms with Gasteiger partial charge in [0.2, 0.25) is 0 Å². The van der Waals surface area contributed by atoms with Crippen molar-refractivity contribution >= 4 is 23.4 Å². The summed E-state index contributed by atoms with van der Waals surface area (Å²) >= 11 is 6.08. The topological polar surface area (TPSA) is 43.4 Å². The summed E-state index contributed by atoms with van der Waals surface area (Å²) in [7, 11) is 0. The Morgan fingerprint density at radius 1 is 0.952 bits per heavy atom. The molecule has 6 rings (SSSR count). The second kappa shape index (κ2) is 9.91. The molecule has 5 aliphatic rings. The minimum Gasteiger partial charge on any atom is -0.460 e. The maximum absolute atomic E-state index is 15.5. The van der Waals surface area contributed by atoms with Crippen LogP contribution < -0.4 is 0 Å². The Labute approximate surface area is 257 Å². The standard InChI is InChI=1S/C37H50ClFO3/c1-22(2)25-14-17-37(32(41)42-21-23-8-10-24(38)11-9-23)19-18-35(6)26(30(25)37)12-13-29-34(5)20-27(39)31(40)33(3,4)28(34)15-16-36(29,35)7/h8-11,25-30H,1,12-21H2,2-7H3/t25-,26+,27+,28-,29+,30+,34-,35+,36+,37-/m0/s1. The van der Waals surface area contributed by atoms with Crippen LogP contribution in [0, 0.1) is 56.7 Å². The van der Waals surface area contributed by atoms with Gasteiger partial charge in [0.1, 0.15) is 6.61 Å². The number of alkyl halides is 1. The van der Waals surface area contributed by atoms with Gasteiger partial charge in [0, 0.05) is 10.4 Å². The number of halogens is 2. The predicted octanol–water partition coefficient (Wildman–Crippen LogP) is 9.56. The van der Waals surface area contributed by atoms with Crippen molar-refractivity contribution < 1.29 is 18.7 Å². The third kappa shape index (κ3) is 4.01. The fraction of sp³-hybridized carbons (Fsp3) is 0.730. The van der Waals surface area contributed by atoms with Gasteiger partial charge < -0.3 is 4.74 Å². The van der Waals surface area contributed by atoms with E-state index in [1.54, 1.807) is 0 Å². The minimum absolute atomic E-state index is 0.0267. The molecule has 5 aliphatic carbocycles. The van der Waals surface area contributed by atoms with Crippen molar-refractivity contribution in [1.82, 2.24) is 0 Å². The number of ketones is 1. The predicted molar refractivity (Wildman–Crippen MR) is 166 cm³/mol. The maximum Gasteiger partial charge on any atom is 0.312 e. The Kier molecular flexibility index (Phi) is 7.16. The monoisotopic (exact) mass is 596 g/mol. The molecule has 42 heavy (non-hydrogen) atoms. The molecular weight excluding hydrogens is 547 g/mol. The molecule has 230 valence electrons. The van der Waals surface area contributed by atoms with Gasteiger partial charge in [-0.05, 0) is 128 Å². The highest BCUT2D eigenvalue weighted by Gasteiger charge is 2.72. The van der Waals surface area contributed by atoms with Crippen molar-refractivity contribution in [1.29, 1.82) is 0 Å². The number of carbonyl (C=O) groups is 2. The first-order chi connectivity index (χ1) is 19.6. The molecule has 1 aromatic rings. The molecule has 1 aromatic carbocycles. The Hall–Kier alpha value is -1.68. The molecule has 0 heterocycles. The van der Waals surface area contributed by atoms with Gasteiger partial charge in [-0.15, -0.1) is 0 Å². The molecule has 5 fully saturated rings. The van der Waals surface area contributed by atoms with E-state index in [0.29, 0.717) is 29.2 Å². The largest absolute Gasteiger partial charge is 0.460 e. The van der Waals surface area contributed by atoms with Gasteiger partial charge in [-0.25, -0.2) is 4.39 Å². The first-order valence-corrected chi connectivity index (χ1v) is 16.7. The van der Waals surface area contributed by atoms with Crippen molar-refractivity contribution in [3.05, 3.63) is 47.0 Å². The second-order valence-corrected chi connectivity index (χ2v) is 16.7. The summed E-state index contributed by atoms with van der Waals surface area (Å²) in [6.45, 7) is 18.2.